The lowest BCUT2D eigenvalue weighted by atomic mass is 10.1. The summed E-state index contributed by atoms with van der Waals surface area (Å²) in [6, 6.07) is 8.91. The van der Waals surface area contributed by atoms with Gasteiger partial charge in [0.2, 0.25) is 0 Å². The molecule has 0 unspecified atom stereocenters. The molecule has 1 fully saturated rings. The average Bonchev–Trinajstić information content (AvgIpc) is 3.11. The number of esters is 1. The second kappa shape index (κ2) is 9.98. The minimum absolute atomic E-state index is 0.0849. The van der Waals surface area contributed by atoms with Crippen molar-refractivity contribution >= 4 is 17.7 Å². The Kier molecular flexibility index (Phi) is 6.85. The summed E-state index contributed by atoms with van der Waals surface area (Å²) in [6.45, 7) is 5.36. The number of halogens is 2. The SMILES string of the molecule is Cc1nn(-c2ccc(F)cc2F)c(C)c1CC(=O)OCC(=O)N1CCN(c2ccccn2)CC1. The highest BCUT2D eigenvalue weighted by atomic mass is 19.1. The molecule has 1 aliphatic rings. The van der Waals surface area contributed by atoms with E-state index in [0.717, 1.165) is 18.0 Å². The van der Waals surface area contributed by atoms with E-state index in [0.29, 0.717) is 43.1 Å². The number of hydrogen-bond acceptors (Lipinski definition) is 6. The van der Waals surface area contributed by atoms with Crippen molar-refractivity contribution in [2.24, 2.45) is 0 Å². The van der Waals surface area contributed by atoms with Crippen LogP contribution < -0.4 is 4.90 Å². The van der Waals surface area contributed by atoms with Gasteiger partial charge in [-0.2, -0.15) is 5.10 Å². The molecular formula is C24H25F2N5O3. The van der Waals surface area contributed by atoms with Crippen molar-refractivity contribution < 1.29 is 23.1 Å². The first-order chi connectivity index (χ1) is 16.3. The fraction of sp³-hybridized carbons (Fsp3) is 0.333. The van der Waals surface area contributed by atoms with Crippen LogP contribution in [0.4, 0.5) is 14.6 Å². The molecule has 4 rings (SSSR count). The monoisotopic (exact) mass is 469 g/mol. The molecule has 3 aromatic rings. The lowest BCUT2D eigenvalue weighted by Crippen LogP contribution is -2.50. The minimum Gasteiger partial charge on any atom is -0.455 e. The molecule has 0 aliphatic carbocycles. The molecule has 8 nitrogen and oxygen atoms in total. The number of anilines is 1. The van der Waals surface area contributed by atoms with E-state index in [1.54, 1.807) is 24.9 Å². The molecular weight excluding hydrogens is 444 g/mol. The Morgan fingerprint density at radius 2 is 1.82 bits per heavy atom. The molecule has 34 heavy (non-hydrogen) atoms. The van der Waals surface area contributed by atoms with Gasteiger partial charge in [-0.15, -0.1) is 0 Å². The summed E-state index contributed by atoms with van der Waals surface area (Å²) in [6.07, 6.45) is 1.62. The van der Waals surface area contributed by atoms with E-state index in [-0.39, 0.29) is 24.6 Å². The molecule has 1 amide bonds. The molecule has 0 saturated carbocycles. The van der Waals surface area contributed by atoms with Gasteiger partial charge >= 0.3 is 5.97 Å². The van der Waals surface area contributed by atoms with Crippen molar-refractivity contribution in [1.82, 2.24) is 19.7 Å². The number of piperazine rings is 1. The summed E-state index contributed by atoms with van der Waals surface area (Å²) in [7, 11) is 0. The van der Waals surface area contributed by atoms with Crippen LogP contribution in [0, 0.1) is 25.5 Å². The Morgan fingerprint density at radius 1 is 1.06 bits per heavy atom. The lowest BCUT2D eigenvalue weighted by Gasteiger charge is -2.35. The molecule has 0 bridgehead atoms. The van der Waals surface area contributed by atoms with Crippen LogP contribution in [-0.2, 0) is 20.7 Å². The van der Waals surface area contributed by atoms with Crippen molar-refractivity contribution in [2.45, 2.75) is 20.3 Å². The number of carbonyl (C=O) groups excluding carboxylic acids is 2. The molecule has 0 N–H and O–H groups in total. The molecule has 1 aliphatic heterocycles. The normalized spacial score (nSPS) is 13.8. The molecule has 0 radical (unpaired) electrons. The van der Waals surface area contributed by atoms with Gasteiger partial charge in [0.1, 0.15) is 17.3 Å². The molecule has 2 aromatic heterocycles. The zero-order valence-electron chi connectivity index (χ0n) is 19.0. The fourth-order valence-corrected chi connectivity index (χ4v) is 3.97. The maximum atomic E-state index is 14.2. The topological polar surface area (TPSA) is 80.6 Å². The van der Waals surface area contributed by atoms with Crippen LogP contribution in [0.1, 0.15) is 17.0 Å². The van der Waals surface area contributed by atoms with Crippen LogP contribution in [0.2, 0.25) is 0 Å². The van der Waals surface area contributed by atoms with Gasteiger partial charge in [0.15, 0.2) is 12.4 Å². The first-order valence-electron chi connectivity index (χ1n) is 10.9. The van der Waals surface area contributed by atoms with Crippen molar-refractivity contribution in [3.05, 3.63) is 71.2 Å². The number of ether oxygens (including phenoxy) is 1. The van der Waals surface area contributed by atoms with Gasteiger partial charge in [-0.1, -0.05) is 6.07 Å². The van der Waals surface area contributed by atoms with Gasteiger partial charge in [0.05, 0.1) is 12.1 Å². The van der Waals surface area contributed by atoms with E-state index < -0.39 is 17.6 Å². The summed E-state index contributed by atoms with van der Waals surface area (Å²) in [5, 5.41) is 4.29. The molecule has 3 heterocycles. The highest BCUT2D eigenvalue weighted by molar-refractivity contribution is 5.81. The van der Waals surface area contributed by atoms with Crippen molar-refractivity contribution in [3.63, 3.8) is 0 Å². The summed E-state index contributed by atoms with van der Waals surface area (Å²) >= 11 is 0. The third-order valence-electron chi connectivity index (χ3n) is 5.86. The maximum absolute atomic E-state index is 14.2. The summed E-state index contributed by atoms with van der Waals surface area (Å²) in [5.74, 6) is -1.41. The molecule has 0 atom stereocenters. The Balaban J connectivity index is 1.31. The number of hydrogen-bond donors (Lipinski definition) is 0. The highest BCUT2D eigenvalue weighted by Crippen LogP contribution is 2.21. The number of nitrogens with zero attached hydrogens (tertiary/aromatic N) is 5. The molecule has 10 heteroatoms. The number of carbonyl (C=O) groups is 2. The molecule has 1 saturated heterocycles. The Hall–Kier alpha value is -3.82. The van der Waals surface area contributed by atoms with Gasteiger partial charge in [-0.25, -0.2) is 18.4 Å². The largest absolute Gasteiger partial charge is 0.455 e. The van der Waals surface area contributed by atoms with Crippen LogP contribution in [0.5, 0.6) is 0 Å². The quantitative estimate of drug-likeness (QED) is 0.517. The van der Waals surface area contributed by atoms with Gasteiger partial charge in [0.25, 0.3) is 5.91 Å². The number of amides is 1. The molecule has 0 spiro atoms. The standard InChI is InChI=1S/C24H25F2N5O3/c1-16-19(17(2)31(28-16)21-7-6-18(25)13-20(21)26)14-24(33)34-15-23(32)30-11-9-29(10-12-30)22-5-3-4-8-27-22/h3-8,13H,9-12,14-15H2,1-2H3. The highest BCUT2D eigenvalue weighted by Gasteiger charge is 2.24. The zero-order valence-corrected chi connectivity index (χ0v) is 19.0. The van der Waals surface area contributed by atoms with Gasteiger partial charge in [0, 0.05) is 49.7 Å². The van der Waals surface area contributed by atoms with E-state index in [2.05, 4.69) is 15.0 Å². The second-order valence-electron chi connectivity index (χ2n) is 8.05. The molecule has 1 aromatic carbocycles. The van der Waals surface area contributed by atoms with E-state index in [9.17, 15) is 18.4 Å². The van der Waals surface area contributed by atoms with Crippen LogP contribution in [0.3, 0.4) is 0 Å². The van der Waals surface area contributed by atoms with E-state index in [4.69, 9.17) is 4.74 Å². The van der Waals surface area contributed by atoms with Crippen LogP contribution in [0.25, 0.3) is 5.69 Å². The van der Waals surface area contributed by atoms with Gasteiger partial charge in [-0.05, 0) is 38.1 Å². The average molecular weight is 469 g/mol. The second-order valence-corrected chi connectivity index (χ2v) is 8.05. The summed E-state index contributed by atoms with van der Waals surface area (Å²) in [5.41, 5.74) is 1.72. The first-order valence-corrected chi connectivity index (χ1v) is 10.9. The van der Waals surface area contributed by atoms with E-state index >= 15 is 0 Å². The van der Waals surface area contributed by atoms with Crippen LogP contribution in [0.15, 0.2) is 42.6 Å². The summed E-state index contributed by atoms with van der Waals surface area (Å²) in [4.78, 5) is 33.0. The van der Waals surface area contributed by atoms with Crippen molar-refractivity contribution in [3.8, 4) is 5.69 Å². The number of aryl methyl sites for hydroxylation is 1. The third-order valence-corrected chi connectivity index (χ3v) is 5.86. The van der Waals surface area contributed by atoms with E-state index in [1.807, 2.05) is 18.2 Å². The maximum Gasteiger partial charge on any atom is 0.310 e. The number of aromatic nitrogens is 3. The number of rotatable bonds is 6. The predicted molar refractivity (Wildman–Crippen MR) is 121 cm³/mol. The van der Waals surface area contributed by atoms with Crippen molar-refractivity contribution in [1.29, 1.82) is 0 Å². The Morgan fingerprint density at radius 3 is 2.50 bits per heavy atom. The predicted octanol–water partition coefficient (Wildman–Crippen LogP) is 2.60. The van der Waals surface area contributed by atoms with E-state index in [1.165, 1.54) is 10.7 Å². The fourth-order valence-electron chi connectivity index (χ4n) is 3.97. The van der Waals surface area contributed by atoms with Gasteiger partial charge in [-0.3, -0.25) is 9.59 Å². The molecule has 178 valence electrons. The van der Waals surface area contributed by atoms with Crippen molar-refractivity contribution in [2.75, 3.05) is 37.7 Å². The smallest absolute Gasteiger partial charge is 0.310 e. The van der Waals surface area contributed by atoms with Crippen LogP contribution in [-0.4, -0.2) is 64.3 Å². The summed E-state index contributed by atoms with van der Waals surface area (Å²) < 4.78 is 34.0. The Labute approximate surface area is 195 Å². The number of pyridine rings is 1. The Bertz CT molecular complexity index is 1190. The van der Waals surface area contributed by atoms with Gasteiger partial charge < -0.3 is 14.5 Å². The van der Waals surface area contributed by atoms with Crippen LogP contribution >= 0.6 is 0 Å². The zero-order chi connectivity index (χ0) is 24.2. The number of benzene rings is 1. The lowest BCUT2D eigenvalue weighted by molar-refractivity contribution is -0.151. The first kappa shape index (κ1) is 23.3. The third kappa shape index (κ3) is 5.05. The minimum atomic E-state index is -0.756.